The van der Waals surface area contributed by atoms with Gasteiger partial charge in [0.1, 0.15) is 5.75 Å². The lowest BCUT2D eigenvalue weighted by Gasteiger charge is -2.22. The molecule has 0 spiro atoms. The smallest absolute Gasteiger partial charge is 0.119 e. The number of aromatic hydroxyl groups is 1. The molecule has 0 bridgehead atoms. The van der Waals surface area contributed by atoms with Gasteiger partial charge < -0.3 is 10.8 Å². The maximum atomic E-state index is 10.0. The van der Waals surface area contributed by atoms with E-state index < -0.39 is 0 Å². The van der Waals surface area contributed by atoms with Gasteiger partial charge in [-0.05, 0) is 60.9 Å². The molecule has 0 saturated carbocycles. The number of rotatable bonds is 4. The summed E-state index contributed by atoms with van der Waals surface area (Å²) >= 11 is 0. The maximum Gasteiger partial charge on any atom is 0.119 e. The molecule has 1 aromatic rings. The third-order valence-corrected chi connectivity index (χ3v) is 3.16. The number of nitrogens with two attached hydrogens (primary N) is 1. The van der Waals surface area contributed by atoms with Gasteiger partial charge in [-0.1, -0.05) is 26.8 Å². The summed E-state index contributed by atoms with van der Waals surface area (Å²) in [5.74, 6) is 0.414. The second-order valence-electron chi connectivity index (χ2n) is 5.79. The minimum absolute atomic E-state index is 0.0135. The highest BCUT2D eigenvalue weighted by Crippen LogP contribution is 2.33. The van der Waals surface area contributed by atoms with Gasteiger partial charge in [0.2, 0.25) is 0 Å². The van der Waals surface area contributed by atoms with Crippen molar-refractivity contribution in [3.8, 4) is 5.75 Å². The normalized spacial score (nSPS) is 11.8. The number of aryl methyl sites for hydroxylation is 2. The first-order valence-electron chi connectivity index (χ1n) is 6.39. The first-order valence-corrected chi connectivity index (χ1v) is 6.39. The monoisotopic (exact) mass is 235 g/mol. The lowest BCUT2D eigenvalue weighted by molar-refractivity contribution is 0.445. The Kier molecular flexibility index (Phi) is 4.58. The fraction of sp³-hybridized carbons (Fsp3) is 0.600. The zero-order valence-corrected chi connectivity index (χ0v) is 11.5. The van der Waals surface area contributed by atoms with Crippen molar-refractivity contribution >= 4 is 0 Å². The van der Waals surface area contributed by atoms with Gasteiger partial charge in [-0.15, -0.1) is 0 Å². The third kappa shape index (κ3) is 3.74. The molecule has 0 radical (unpaired) electrons. The van der Waals surface area contributed by atoms with Crippen LogP contribution < -0.4 is 5.73 Å². The molecule has 0 heterocycles. The first-order chi connectivity index (χ1) is 7.86. The second kappa shape index (κ2) is 5.54. The molecule has 1 rings (SSSR count). The number of phenolic OH excluding ortho intramolecular Hbond substituents is 1. The molecule has 96 valence electrons. The van der Waals surface area contributed by atoms with Crippen molar-refractivity contribution in [3.63, 3.8) is 0 Å². The quantitative estimate of drug-likeness (QED) is 0.787. The van der Waals surface area contributed by atoms with Gasteiger partial charge in [0.05, 0.1) is 0 Å². The Bertz CT molecular complexity index is 377. The highest BCUT2D eigenvalue weighted by Gasteiger charge is 2.19. The van der Waals surface area contributed by atoms with Crippen molar-refractivity contribution in [1.29, 1.82) is 0 Å². The van der Waals surface area contributed by atoms with Crippen molar-refractivity contribution < 1.29 is 5.11 Å². The summed E-state index contributed by atoms with van der Waals surface area (Å²) in [7, 11) is 0. The minimum Gasteiger partial charge on any atom is -0.508 e. The second-order valence-corrected chi connectivity index (χ2v) is 5.79. The lowest BCUT2D eigenvalue weighted by atomic mass is 9.84. The first kappa shape index (κ1) is 14.0. The Labute approximate surface area is 105 Å². The van der Waals surface area contributed by atoms with Crippen LogP contribution in [0.5, 0.6) is 5.75 Å². The van der Waals surface area contributed by atoms with E-state index in [0.29, 0.717) is 5.75 Å². The van der Waals surface area contributed by atoms with Crippen LogP contribution in [0.2, 0.25) is 0 Å². The molecule has 0 aromatic heterocycles. The fourth-order valence-electron chi connectivity index (χ4n) is 2.07. The predicted molar refractivity (Wildman–Crippen MR) is 73.5 cm³/mol. The molecule has 3 N–H and O–H groups in total. The van der Waals surface area contributed by atoms with Crippen LogP contribution in [0, 0.1) is 6.92 Å². The van der Waals surface area contributed by atoms with E-state index in [1.165, 1.54) is 11.1 Å². The Morgan fingerprint density at radius 3 is 2.35 bits per heavy atom. The molecule has 2 nitrogen and oxygen atoms in total. The number of phenols is 1. The van der Waals surface area contributed by atoms with Crippen LogP contribution in [0.15, 0.2) is 12.1 Å². The fourth-order valence-corrected chi connectivity index (χ4v) is 2.07. The number of hydrogen-bond acceptors (Lipinski definition) is 2. The molecule has 1 aromatic carbocycles. The van der Waals surface area contributed by atoms with Crippen LogP contribution in [-0.2, 0) is 11.8 Å². The molecule has 2 heteroatoms. The summed E-state index contributed by atoms with van der Waals surface area (Å²) < 4.78 is 0. The van der Waals surface area contributed by atoms with Crippen molar-refractivity contribution in [2.75, 3.05) is 6.54 Å². The molecule has 0 fully saturated rings. The van der Waals surface area contributed by atoms with E-state index in [4.69, 9.17) is 5.73 Å². The Morgan fingerprint density at radius 2 is 1.82 bits per heavy atom. The van der Waals surface area contributed by atoms with E-state index in [0.717, 1.165) is 31.4 Å². The standard InChI is InChI=1S/C15H25NO/c1-11-9-14(17)13(15(2,3)4)10-12(11)7-5-6-8-16/h9-10,17H,5-8,16H2,1-4H3. The SMILES string of the molecule is Cc1cc(O)c(C(C)(C)C)cc1CCCCN. The summed E-state index contributed by atoms with van der Waals surface area (Å²) in [5, 5.41) is 10.0. The molecule has 0 unspecified atom stereocenters. The molecule has 0 saturated heterocycles. The van der Waals surface area contributed by atoms with E-state index in [2.05, 4.69) is 33.8 Å². The Hall–Kier alpha value is -1.02. The lowest BCUT2D eigenvalue weighted by Crippen LogP contribution is -2.12. The highest BCUT2D eigenvalue weighted by molar-refractivity contribution is 5.44. The van der Waals surface area contributed by atoms with Gasteiger partial charge in [0.15, 0.2) is 0 Å². The predicted octanol–water partition coefficient (Wildman–Crippen LogP) is 3.28. The molecular formula is C15H25NO. The van der Waals surface area contributed by atoms with E-state index in [1.807, 2.05) is 6.07 Å². The zero-order chi connectivity index (χ0) is 13.1. The number of benzene rings is 1. The minimum atomic E-state index is -0.0135. The van der Waals surface area contributed by atoms with Crippen LogP contribution >= 0.6 is 0 Å². The average Bonchev–Trinajstić information content (AvgIpc) is 2.19. The van der Waals surface area contributed by atoms with Gasteiger partial charge in [-0.2, -0.15) is 0 Å². The maximum absolute atomic E-state index is 10.0. The molecule has 0 aliphatic heterocycles. The van der Waals surface area contributed by atoms with E-state index in [9.17, 15) is 5.11 Å². The summed E-state index contributed by atoms with van der Waals surface area (Å²) in [4.78, 5) is 0. The van der Waals surface area contributed by atoms with Gasteiger partial charge in [-0.3, -0.25) is 0 Å². The molecule has 17 heavy (non-hydrogen) atoms. The van der Waals surface area contributed by atoms with Gasteiger partial charge >= 0.3 is 0 Å². The van der Waals surface area contributed by atoms with E-state index in [1.54, 1.807) is 0 Å². The highest BCUT2D eigenvalue weighted by atomic mass is 16.3. The van der Waals surface area contributed by atoms with Crippen LogP contribution in [0.4, 0.5) is 0 Å². The number of hydrogen-bond donors (Lipinski definition) is 2. The average molecular weight is 235 g/mol. The Balaban J connectivity index is 2.98. The van der Waals surface area contributed by atoms with Crippen molar-refractivity contribution in [1.82, 2.24) is 0 Å². The van der Waals surface area contributed by atoms with Gasteiger partial charge in [0.25, 0.3) is 0 Å². The van der Waals surface area contributed by atoms with Crippen LogP contribution in [-0.4, -0.2) is 11.7 Å². The largest absolute Gasteiger partial charge is 0.508 e. The third-order valence-electron chi connectivity index (χ3n) is 3.16. The molecule has 0 aliphatic rings. The topological polar surface area (TPSA) is 46.2 Å². The van der Waals surface area contributed by atoms with E-state index in [-0.39, 0.29) is 5.41 Å². The summed E-state index contributed by atoms with van der Waals surface area (Å²) in [6.45, 7) is 9.19. The molecular weight excluding hydrogens is 210 g/mol. The van der Waals surface area contributed by atoms with E-state index >= 15 is 0 Å². The van der Waals surface area contributed by atoms with Crippen LogP contribution in [0.25, 0.3) is 0 Å². The van der Waals surface area contributed by atoms with Crippen LogP contribution in [0.3, 0.4) is 0 Å². The summed E-state index contributed by atoms with van der Waals surface area (Å²) in [5.41, 5.74) is 9.04. The van der Waals surface area contributed by atoms with Gasteiger partial charge in [-0.25, -0.2) is 0 Å². The van der Waals surface area contributed by atoms with Crippen LogP contribution in [0.1, 0.15) is 50.3 Å². The Morgan fingerprint density at radius 1 is 1.18 bits per heavy atom. The molecule has 0 atom stereocenters. The zero-order valence-electron chi connectivity index (χ0n) is 11.5. The van der Waals surface area contributed by atoms with Crippen molar-refractivity contribution in [2.45, 2.75) is 52.4 Å². The summed E-state index contributed by atoms with van der Waals surface area (Å²) in [6.07, 6.45) is 3.23. The van der Waals surface area contributed by atoms with Crippen molar-refractivity contribution in [3.05, 3.63) is 28.8 Å². The van der Waals surface area contributed by atoms with Crippen molar-refractivity contribution in [2.24, 2.45) is 5.73 Å². The molecule has 0 amide bonds. The number of unbranched alkanes of at least 4 members (excludes halogenated alkanes) is 1. The van der Waals surface area contributed by atoms with Gasteiger partial charge in [0, 0.05) is 0 Å². The molecule has 0 aliphatic carbocycles. The summed E-state index contributed by atoms with van der Waals surface area (Å²) in [6, 6.07) is 4.04.